The van der Waals surface area contributed by atoms with E-state index in [1.165, 1.54) is 12.8 Å². The van der Waals surface area contributed by atoms with Gasteiger partial charge in [0.25, 0.3) is 0 Å². The number of nitrogens with zero attached hydrogens (tertiary/aromatic N) is 1. The van der Waals surface area contributed by atoms with E-state index in [1.54, 1.807) is 0 Å². The molecule has 104 valence electrons. The first-order valence-corrected chi connectivity index (χ1v) is 7.11. The van der Waals surface area contributed by atoms with E-state index in [-0.39, 0.29) is 6.54 Å². The number of carboxylic acid groups (broad SMARTS) is 1. The number of hydrogen-bond donors (Lipinski definition) is 1. The first kappa shape index (κ1) is 13.9. The third kappa shape index (κ3) is 3.49. The fourth-order valence-corrected chi connectivity index (χ4v) is 3.28. The van der Waals surface area contributed by atoms with Crippen molar-refractivity contribution in [3.63, 3.8) is 0 Å². The fourth-order valence-electron chi connectivity index (χ4n) is 3.28. The molecule has 1 aromatic rings. The second-order valence-corrected chi connectivity index (χ2v) is 5.82. The number of rotatable bonds is 4. The topological polar surface area (TPSA) is 40.5 Å². The van der Waals surface area contributed by atoms with Crippen molar-refractivity contribution in [1.82, 2.24) is 0 Å². The summed E-state index contributed by atoms with van der Waals surface area (Å²) in [5.74, 6) is 0.548. The highest BCUT2D eigenvalue weighted by molar-refractivity contribution is 5.74. The van der Waals surface area contributed by atoms with E-state index < -0.39 is 5.97 Å². The molecule has 1 aromatic carbocycles. The van der Waals surface area contributed by atoms with Gasteiger partial charge in [-0.05, 0) is 43.2 Å². The van der Waals surface area contributed by atoms with Crippen molar-refractivity contribution < 1.29 is 9.90 Å². The minimum absolute atomic E-state index is 0.0907. The Kier molecular flexibility index (Phi) is 4.46. The molecule has 0 bridgehead atoms. The standard InChI is InChI=1S/C16H23NO2/c1-12-8-9-15(13(2)10-12)17(11-16(18)19)14-6-4-3-5-7-14/h3-7,12-13,15H,8-11H2,1-2H3,(H,18,19). The van der Waals surface area contributed by atoms with Crippen LogP contribution < -0.4 is 4.90 Å². The van der Waals surface area contributed by atoms with Crippen molar-refractivity contribution in [3.8, 4) is 0 Å². The highest BCUT2D eigenvalue weighted by Crippen LogP contribution is 2.34. The molecular formula is C16H23NO2. The van der Waals surface area contributed by atoms with Gasteiger partial charge in [-0.25, -0.2) is 0 Å². The maximum Gasteiger partial charge on any atom is 0.323 e. The van der Waals surface area contributed by atoms with E-state index in [4.69, 9.17) is 0 Å². The SMILES string of the molecule is CC1CCC(N(CC(=O)O)c2ccccc2)C(C)C1. The van der Waals surface area contributed by atoms with Gasteiger partial charge < -0.3 is 10.0 Å². The summed E-state index contributed by atoms with van der Waals surface area (Å²) >= 11 is 0. The zero-order valence-electron chi connectivity index (χ0n) is 11.7. The van der Waals surface area contributed by atoms with Gasteiger partial charge in [0.1, 0.15) is 6.54 Å². The number of anilines is 1. The summed E-state index contributed by atoms with van der Waals surface area (Å²) in [6.45, 7) is 4.63. The van der Waals surface area contributed by atoms with Gasteiger partial charge in [0.05, 0.1) is 0 Å². The lowest BCUT2D eigenvalue weighted by atomic mass is 9.79. The monoisotopic (exact) mass is 261 g/mol. The van der Waals surface area contributed by atoms with Gasteiger partial charge in [0, 0.05) is 11.7 Å². The summed E-state index contributed by atoms with van der Waals surface area (Å²) in [7, 11) is 0. The molecule has 3 unspecified atom stereocenters. The van der Waals surface area contributed by atoms with Crippen LogP contribution >= 0.6 is 0 Å². The Balaban J connectivity index is 2.20. The summed E-state index contributed by atoms with van der Waals surface area (Å²) in [6.07, 6.45) is 3.47. The molecule has 0 aliphatic heterocycles. The predicted octanol–water partition coefficient (Wildman–Crippen LogP) is 3.40. The number of hydrogen-bond acceptors (Lipinski definition) is 2. The van der Waals surface area contributed by atoms with Crippen LogP contribution in [0.5, 0.6) is 0 Å². The first-order valence-electron chi connectivity index (χ1n) is 7.11. The maximum absolute atomic E-state index is 11.2. The van der Waals surface area contributed by atoms with Gasteiger partial charge >= 0.3 is 5.97 Å². The van der Waals surface area contributed by atoms with Crippen LogP contribution in [0.15, 0.2) is 30.3 Å². The van der Waals surface area contributed by atoms with Crippen LogP contribution in [0.25, 0.3) is 0 Å². The molecule has 1 N–H and O–H groups in total. The van der Waals surface area contributed by atoms with Crippen LogP contribution in [0.2, 0.25) is 0 Å². The van der Waals surface area contributed by atoms with Crippen LogP contribution in [0, 0.1) is 11.8 Å². The maximum atomic E-state index is 11.2. The van der Waals surface area contributed by atoms with Crippen molar-refractivity contribution in [2.24, 2.45) is 11.8 Å². The first-order chi connectivity index (χ1) is 9.08. The molecule has 19 heavy (non-hydrogen) atoms. The second kappa shape index (κ2) is 6.09. The average molecular weight is 261 g/mol. The van der Waals surface area contributed by atoms with E-state index in [0.717, 1.165) is 18.0 Å². The molecule has 0 aromatic heterocycles. The molecule has 0 saturated heterocycles. The number of carboxylic acids is 1. The van der Waals surface area contributed by atoms with Gasteiger partial charge in [-0.2, -0.15) is 0 Å². The Hall–Kier alpha value is -1.51. The Morgan fingerprint density at radius 1 is 1.26 bits per heavy atom. The molecule has 0 spiro atoms. The van der Waals surface area contributed by atoms with Crippen molar-refractivity contribution >= 4 is 11.7 Å². The van der Waals surface area contributed by atoms with Crippen LogP contribution in [0.1, 0.15) is 33.1 Å². The molecule has 3 nitrogen and oxygen atoms in total. The summed E-state index contributed by atoms with van der Waals surface area (Å²) in [5.41, 5.74) is 1.02. The van der Waals surface area contributed by atoms with E-state index >= 15 is 0 Å². The van der Waals surface area contributed by atoms with Gasteiger partial charge in [0.2, 0.25) is 0 Å². The lowest BCUT2D eigenvalue weighted by Crippen LogP contribution is -2.45. The molecule has 3 atom stereocenters. The molecule has 1 aliphatic rings. The fraction of sp³-hybridized carbons (Fsp3) is 0.562. The highest BCUT2D eigenvalue weighted by Gasteiger charge is 2.31. The van der Waals surface area contributed by atoms with E-state index in [1.807, 2.05) is 30.3 Å². The quantitative estimate of drug-likeness (QED) is 0.903. The minimum Gasteiger partial charge on any atom is -0.480 e. The third-order valence-electron chi connectivity index (χ3n) is 4.18. The van der Waals surface area contributed by atoms with Crippen LogP contribution in [0.4, 0.5) is 5.69 Å². The minimum atomic E-state index is -0.755. The molecule has 1 fully saturated rings. The predicted molar refractivity (Wildman–Crippen MR) is 77.4 cm³/mol. The smallest absolute Gasteiger partial charge is 0.323 e. The summed E-state index contributed by atoms with van der Waals surface area (Å²) in [4.78, 5) is 13.2. The molecule has 0 amide bonds. The van der Waals surface area contributed by atoms with Crippen LogP contribution in [-0.2, 0) is 4.79 Å². The normalized spacial score (nSPS) is 26.9. The van der Waals surface area contributed by atoms with E-state index in [0.29, 0.717) is 12.0 Å². The number of aliphatic carboxylic acids is 1. The molecule has 0 heterocycles. The third-order valence-corrected chi connectivity index (χ3v) is 4.18. The molecule has 1 aliphatic carbocycles. The Morgan fingerprint density at radius 2 is 1.95 bits per heavy atom. The highest BCUT2D eigenvalue weighted by atomic mass is 16.4. The van der Waals surface area contributed by atoms with E-state index in [9.17, 15) is 9.90 Å². The van der Waals surface area contributed by atoms with Crippen molar-refractivity contribution in [3.05, 3.63) is 30.3 Å². The Bertz CT molecular complexity index is 418. The summed E-state index contributed by atoms with van der Waals surface area (Å²) in [6, 6.07) is 10.3. The zero-order valence-corrected chi connectivity index (χ0v) is 11.7. The van der Waals surface area contributed by atoms with Crippen molar-refractivity contribution in [2.75, 3.05) is 11.4 Å². The Labute approximate surface area is 115 Å². The number of benzene rings is 1. The lowest BCUT2D eigenvalue weighted by Gasteiger charge is -2.41. The molecule has 0 radical (unpaired) electrons. The van der Waals surface area contributed by atoms with Gasteiger partial charge in [-0.15, -0.1) is 0 Å². The van der Waals surface area contributed by atoms with Crippen molar-refractivity contribution in [2.45, 2.75) is 39.2 Å². The Morgan fingerprint density at radius 3 is 2.53 bits per heavy atom. The lowest BCUT2D eigenvalue weighted by molar-refractivity contribution is -0.135. The molecule has 1 saturated carbocycles. The number of para-hydroxylation sites is 1. The summed E-state index contributed by atoms with van der Waals surface area (Å²) in [5, 5.41) is 9.17. The van der Waals surface area contributed by atoms with E-state index in [2.05, 4.69) is 18.7 Å². The van der Waals surface area contributed by atoms with Gasteiger partial charge in [-0.1, -0.05) is 32.0 Å². The van der Waals surface area contributed by atoms with Gasteiger partial charge in [0.15, 0.2) is 0 Å². The number of carbonyl (C=O) groups is 1. The molecular weight excluding hydrogens is 238 g/mol. The van der Waals surface area contributed by atoms with Gasteiger partial charge in [-0.3, -0.25) is 4.79 Å². The second-order valence-electron chi connectivity index (χ2n) is 5.82. The van der Waals surface area contributed by atoms with Crippen LogP contribution in [0.3, 0.4) is 0 Å². The zero-order chi connectivity index (χ0) is 13.8. The molecule has 2 rings (SSSR count). The molecule has 3 heteroatoms. The van der Waals surface area contributed by atoms with Crippen molar-refractivity contribution in [1.29, 1.82) is 0 Å². The largest absolute Gasteiger partial charge is 0.480 e. The average Bonchev–Trinajstić information content (AvgIpc) is 2.37. The summed E-state index contributed by atoms with van der Waals surface area (Å²) < 4.78 is 0. The van der Waals surface area contributed by atoms with Crippen LogP contribution in [-0.4, -0.2) is 23.7 Å².